The largest absolute Gasteiger partial charge is 0.255 e. The van der Waals surface area contributed by atoms with Crippen molar-refractivity contribution in [3.05, 3.63) is 81.1 Å². The predicted molar refractivity (Wildman–Crippen MR) is 89.2 cm³/mol. The van der Waals surface area contributed by atoms with Crippen molar-refractivity contribution in [3.8, 4) is 10.6 Å². The molecule has 0 N–H and O–H groups in total. The van der Waals surface area contributed by atoms with E-state index < -0.39 is 0 Å². The first kappa shape index (κ1) is 13.8. The smallest absolute Gasteiger partial charge is 0.0801 e. The number of benzene rings is 1. The van der Waals surface area contributed by atoms with Crippen LogP contribution in [0.3, 0.4) is 0 Å². The molecule has 99 valence electrons. The second-order valence-electron chi connectivity index (χ2n) is 4.23. The fourth-order valence-corrected chi connectivity index (χ4v) is 3.34. The van der Waals surface area contributed by atoms with E-state index in [4.69, 9.17) is 11.6 Å². The molecule has 0 unspecified atom stereocenters. The molecule has 0 saturated heterocycles. The van der Waals surface area contributed by atoms with Gasteiger partial charge in [0.1, 0.15) is 0 Å². The van der Waals surface area contributed by atoms with Gasteiger partial charge in [-0.25, -0.2) is 0 Å². The van der Waals surface area contributed by atoms with Crippen LogP contribution >= 0.6 is 38.9 Å². The minimum Gasteiger partial charge on any atom is -0.255 e. The molecule has 0 spiro atoms. The molecular formula is C16H10BrClNS. The van der Waals surface area contributed by atoms with Crippen LogP contribution in [-0.4, -0.2) is 4.98 Å². The average molecular weight is 364 g/mol. The minimum absolute atomic E-state index is 0.751. The summed E-state index contributed by atoms with van der Waals surface area (Å²) in [5.41, 5.74) is 2.01. The third-order valence-corrected chi connectivity index (χ3v) is 4.69. The number of rotatable bonds is 3. The van der Waals surface area contributed by atoms with E-state index >= 15 is 0 Å². The number of pyridine rings is 1. The molecule has 0 amide bonds. The Morgan fingerprint density at radius 3 is 2.80 bits per heavy atom. The molecule has 0 fully saturated rings. The number of halogens is 2. The molecule has 20 heavy (non-hydrogen) atoms. The lowest BCUT2D eigenvalue weighted by Gasteiger charge is -2.02. The van der Waals surface area contributed by atoms with Gasteiger partial charge in [-0.15, -0.1) is 11.3 Å². The third kappa shape index (κ3) is 3.11. The van der Waals surface area contributed by atoms with Crippen molar-refractivity contribution in [1.29, 1.82) is 0 Å². The first-order valence-electron chi connectivity index (χ1n) is 6.03. The van der Waals surface area contributed by atoms with Crippen LogP contribution in [0.25, 0.3) is 10.6 Å². The fraction of sp³-hybridized carbons (Fsp3) is 0. The highest BCUT2D eigenvalue weighted by atomic mass is 79.9. The monoisotopic (exact) mass is 362 g/mol. The van der Waals surface area contributed by atoms with Crippen LogP contribution in [-0.2, 0) is 0 Å². The lowest BCUT2D eigenvalue weighted by Crippen LogP contribution is -1.83. The molecule has 2 heterocycles. The van der Waals surface area contributed by atoms with E-state index in [0.29, 0.717) is 0 Å². The molecule has 1 radical (unpaired) electrons. The Labute approximate surface area is 135 Å². The van der Waals surface area contributed by atoms with E-state index in [1.54, 1.807) is 11.3 Å². The van der Waals surface area contributed by atoms with Crippen LogP contribution in [0.2, 0.25) is 5.02 Å². The zero-order chi connectivity index (χ0) is 13.9. The average Bonchev–Trinajstić information content (AvgIpc) is 2.92. The number of aromatic nitrogens is 1. The van der Waals surface area contributed by atoms with Gasteiger partial charge in [-0.2, -0.15) is 0 Å². The van der Waals surface area contributed by atoms with Gasteiger partial charge < -0.3 is 0 Å². The van der Waals surface area contributed by atoms with Crippen molar-refractivity contribution < 1.29 is 0 Å². The van der Waals surface area contributed by atoms with E-state index in [-0.39, 0.29) is 0 Å². The Bertz CT molecular complexity index is 724. The molecule has 2 aromatic heterocycles. The summed E-state index contributed by atoms with van der Waals surface area (Å²) in [4.78, 5) is 6.68. The van der Waals surface area contributed by atoms with Crippen LogP contribution in [0.5, 0.6) is 0 Å². The summed E-state index contributed by atoms with van der Waals surface area (Å²) in [6.07, 6.45) is 3.90. The summed E-state index contributed by atoms with van der Waals surface area (Å²) < 4.78 is 1.02. The van der Waals surface area contributed by atoms with Gasteiger partial charge in [0, 0.05) is 27.0 Å². The predicted octanol–water partition coefficient (Wildman–Crippen LogP) is 5.83. The van der Waals surface area contributed by atoms with Crippen LogP contribution in [0.1, 0.15) is 10.4 Å². The molecule has 0 saturated carbocycles. The Morgan fingerprint density at radius 1 is 1.10 bits per heavy atom. The van der Waals surface area contributed by atoms with Crippen LogP contribution in [0.4, 0.5) is 0 Å². The molecule has 4 heteroatoms. The second-order valence-corrected chi connectivity index (χ2v) is 6.67. The molecule has 0 aliphatic carbocycles. The highest BCUT2D eigenvalue weighted by Crippen LogP contribution is 2.31. The van der Waals surface area contributed by atoms with E-state index in [0.717, 1.165) is 30.5 Å². The van der Waals surface area contributed by atoms with Crippen LogP contribution in [0.15, 0.2) is 59.2 Å². The maximum Gasteiger partial charge on any atom is 0.0801 e. The molecule has 1 aromatic carbocycles. The Morgan fingerprint density at radius 2 is 2.00 bits per heavy atom. The van der Waals surface area contributed by atoms with E-state index in [9.17, 15) is 0 Å². The van der Waals surface area contributed by atoms with Gasteiger partial charge in [0.25, 0.3) is 0 Å². The summed E-state index contributed by atoms with van der Waals surface area (Å²) in [6, 6.07) is 16.0. The SMILES string of the molecule is Clc1ccc(Br)cc1[CH]c1ccc(-c2ccccn2)s1. The summed E-state index contributed by atoms with van der Waals surface area (Å²) in [6.45, 7) is 0. The van der Waals surface area contributed by atoms with Crippen molar-refractivity contribution in [2.45, 2.75) is 0 Å². The highest BCUT2D eigenvalue weighted by molar-refractivity contribution is 9.10. The number of hydrogen-bond donors (Lipinski definition) is 0. The maximum atomic E-state index is 6.21. The Balaban J connectivity index is 1.86. The quantitative estimate of drug-likeness (QED) is 0.571. The van der Waals surface area contributed by atoms with Crippen molar-refractivity contribution in [2.24, 2.45) is 0 Å². The molecule has 1 nitrogen and oxygen atoms in total. The topological polar surface area (TPSA) is 12.9 Å². The third-order valence-electron chi connectivity index (χ3n) is 2.80. The fourth-order valence-electron chi connectivity index (χ4n) is 1.86. The number of hydrogen-bond acceptors (Lipinski definition) is 2. The maximum absolute atomic E-state index is 6.21. The van der Waals surface area contributed by atoms with Crippen LogP contribution in [0, 0.1) is 6.42 Å². The van der Waals surface area contributed by atoms with Gasteiger partial charge in [-0.1, -0.05) is 33.6 Å². The van der Waals surface area contributed by atoms with Crippen molar-refractivity contribution in [2.75, 3.05) is 0 Å². The first-order valence-corrected chi connectivity index (χ1v) is 8.02. The zero-order valence-corrected chi connectivity index (χ0v) is 13.5. The summed E-state index contributed by atoms with van der Waals surface area (Å²) in [5.74, 6) is 0. The summed E-state index contributed by atoms with van der Waals surface area (Å²) in [7, 11) is 0. The molecule has 0 aliphatic heterocycles. The van der Waals surface area contributed by atoms with Gasteiger partial charge in [-0.3, -0.25) is 4.98 Å². The molecule has 0 atom stereocenters. The zero-order valence-electron chi connectivity index (χ0n) is 10.4. The van der Waals surface area contributed by atoms with E-state index in [1.165, 1.54) is 0 Å². The Kier molecular flexibility index (Phi) is 4.20. The highest BCUT2D eigenvalue weighted by Gasteiger charge is 2.07. The normalized spacial score (nSPS) is 10.7. The summed E-state index contributed by atoms with van der Waals surface area (Å²) in [5, 5.41) is 0.751. The summed E-state index contributed by atoms with van der Waals surface area (Å²) >= 11 is 11.4. The van der Waals surface area contributed by atoms with Crippen molar-refractivity contribution >= 4 is 38.9 Å². The lowest BCUT2D eigenvalue weighted by molar-refractivity contribution is 1.34. The standard InChI is InChI=1S/C16H10BrClNS/c17-12-4-6-14(18)11(9-12)10-13-5-7-16(20-13)15-3-1-2-8-19-15/h1-10H. The van der Waals surface area contributed by atoms with Crippen LogP contribution < -0.4 is 0 Å². The van der Waals surface area contributed by atoms with Gasteiger partial charge in [0.15, 0.2) is 0 Å². The molecule has 0 bridgehead atoms. The first-order chi connectivity index (χ1) is 9.72. The van der Waals surface area contributed by atoms with Gasteiger partial charge in [0.05, 0.1) is 10.6 Å². The minimum atomic E-state index is 0.751. The molecule has 3 aromatic rings. The van der Waals surface area contributed by atoms with Gasteiger partial charge in [0.2, 0.25) is 0 Å². The van der Waals surface area contributed by atoms with E-state index in [1.807, 2.05) is 42.6 Å². The molecule has 3 rings (SSSR count). The lowest BCUT2D eigenvalue weighted by atomic mass is 10.1. The molecular weight excluding hydrogens is 354 g/mol. The van der Waals surface area contributed by atoms with E-state index in [2.05, 4.69) is 39.5 Å². The van der Waals surface area contributed by atoms with Gasteiger partial charge >= 0.3 is 0 Å². The molecule has 0 aliphatic rings. The van der Waals surface area contributed by atoms with Gasteiger partial charge in [-0.05, 0) is 48.0 Å². The second kappa shape index (κ2) is 6.08. The van der Waals surface area contributed by atoms with Crippen molar-refractivity contribution in [1.82, 2.24) is 4.98 Å². The number of thiophene rings is 1. The Hall–Kier alpha value is -1.16. The van der Waals surface area contributed by atoms with Crippen molar-refractivity contribution in [3.63, 3.8) is 0 Å². The number of nitrogens with zero attached hydrogens (tertiary/aromatic N) is 1.